The van der Waals surface area contributed by atoms with Crippen molar-refractivity contribution >= 4 is 11.5 Å². The maximum absolute atomic E-state index is 12.4. The van der Waals surface area contributed by atoms with Crippen molar-refractivity contribution in [2.45, 2.75) is 25.4 Å². The maximum atomic E-state index is 12.4. The molecule has 0 amide bonds. The van der Waals surface area contributed by atoms with E-state index in [-0.39, 0.29) is 12.3 Å². The van der Waals surface area contributed by atoms with E-state index in [1.165, 1.54) is 7.11 Å². The van der Waals surface area contributed by atoms with Gasteiger partial charge >= 0.3 is 5.71 Å². The van der Waals surface area contributed by atoms with Crippen LogP contribution in [0.2, 0.25) is 0 Å². The second kappa shape index (κ2) is 5.45. The highest BCUT2D eigenvalue weighted by Crippen LogP contribution is 2.35. The summed E-state index contributed by atoms with van der Waals surface area (Å²) in [4.78, 5) is 15.5. The Morgan fingerprint density at radius 2 is 2.25 bits per heavy atom. The van der Waals surface area contributed by atoms with E-state index >= 15 is 0 Å². The summed E-state index contributed by atoms with van der Waals surface area (Å²) < 4.78 is 10.9. The molecule has 0 aromatic heterocycles. The van der Waals surface area contributed by atoms with Gasteiger partial charge in [-0.25, -0.2) is 0 Å². The van der Waals surface area contributed by atoms with E-state index in [2.05, 4.69) is 4.79 Å². The molecule has 0 bridgehead atoms. The van der Waals surface area contributed by atoms with Crippen molar-refractivity contribution in [1.29, 1.82) is 0 Å². The zero-order chi connectivity index (χ0) is 14.8. The number of methoxy groups -OCH3 is 1. The van der Waals surface area contributed by atoms with E-state index in [1.54, 1.807) is 25.1 Å². The van der Waals surface area contributed by atoms with Crippen LogP contribution in [-0.2, 0) is 0 Å². The quantitative estimate of drug-likeness (QED) is 0.665. The van der Waals surface area contributed by atoms with Crippen molar-refractivity contribution < 1.29 is 24.2 Å². The predicted molar refractivity (Wildman–Crippen MR) is 71.3 cm³/mol. The number of hydrogen-bond donors (Lipinski definition) is 1. The summed E-state index contributed by atoms with van der Waals surface area (Å²) in [5.41, 5.74) is 8.34. The zero-order valence-electron chi connectivity index (χ0n) is 11.4. The van der Waals surface area contributed by atoms with E-state index in [0.717, 1.165) is 0 Å². The summed E-state index contributed by atoms with van der Waals surface area (Å²) in [7, 11) is 1.50. The molecule has 1 N–H and O–H groups in total. The molecule has 0 fully saturated rings. The molecule has 1 heterocycles. The third-order valence-electron chi connectivity index (χ3n) is 3.39. The molecule has 1 aromatic carbocycles. The highest BCUT2D eigenvalue weighted by atomic mass is 16.5. The van der Waals surface area contributed by atoms with Crippen LogP contribution in [-0.4, -0.2) is 40.7 Å². The van der Waals surface area contributed by atoms with Crippen LogP contribution in [0.15, 0.2) is 18.2 Å². The van der Waals surface area contributed by atoms with Crippen molar-refractivity contribution in [1.82, 2.24) is 0 Å². The zero-order valence-corrected chi connectivity index (χ0v) is 11.4. The molecule has 1 unspecified atom stereocenters. The number of ketones is 1. The third kappa shape index (κ3) is 2.31. The summed E-state index contributed by atoms with van der Waals surface area (Å²) >= 11 is 0. The molecule has 0 radical (unpaired) electrons. The van der Waals surface area contributed by atoms with E-state index in [9.17, 15) is 4.79 Å². The molecule has 2 rings (SSSR count). The number of carbonyl (C=O) groups excluding carboxylic acids is 1. The predicted octanol–water partition coefficient (Wildman–Crippen LogP) is 1.47. The van der Waals surface area contributed by atoms with Crippen LogP contribution >= 0.6 is 0 Å². The Bertz CT molecular complexity index is 593. The smallest absolute Gasteiger partial charge is 0.382 e. The lowest BCUT2D eigenvalue weighted by Crippen LogP contribution is -2.49. The molecule has 1 atom stereocenters. The Hall–Kier alpha value is -2.17. The van der Waals surface area contributed by atoms with Crippen LogP contribution < -0.4 is 9.47 Å². The molecule has 1 aromatic rings. The second-order valence-electron chi connectivity index (χ2n) is 4.80. The number of aliphatic hydroxyl groups excluding tert-OH is 1. The van der Waals surface area contributed by atoms with Gasteiger partial charge in [-0.15, -0.1) is 0 Å². The minimum absolute atomic E-state index is 0.0265. The Balaban J connectivity index is 2.48. The first-order chi connectivity index (χ1) is 9.55. The number of hydrogen-bond acceptors (Lipinski definition) is 4. The van der Waals surface area contributed by atoms with Gasteiger partial charge in [0.25, 0.3) is 5.78 Å². The maximum Gasteiger partial charge on any atom is 0.382 e. The first-order valence-corrected chi connectivity index (χ1v) is 6.31. The molecule has 0 aliphatic carbocycles. The molecule has 6 nitrogen and oxygen atoms in total. The van der Waals surface area contributed by atoms with Gasteiger partial charge in [-0.1, -0.05) is 0 Å². The van der Waals surface area contributed by atoms with E-state index < -0.39 is 11.4 Å². The molecular formula is C14H16N2O4. The number of fused-ring (bicyclic) bond motifs is 1. The summed E-state index contributed by atoms with van der Waals surface area (Å²) in [6.45, 7) is 1.64. The Kier molecular flexibility index (Phi) is 3.88. The number of rotatable bonds is 4. The molecule has 1 aliphatic rings. The van der Waals surface area contributed by atoms with Crippen LogP contribution in [0.1, 0.15) is 30.1 Å². The van der Waals surface area contributed by atoms with Gasteiger partial charge in [0.1, 0.15) is 11.5 Å². The third-order valence-corrected chi connectivity index (χ3v) is 3.39. The van der Waals surface area contributed by atoms with Gasteiger partial charge in [0.2, 0.25) is 5.60 Å². The molecular weight excluding hydrogens is 260 g/mol. The lowest BCUT2D eigenvalue weighted by molar-refractivity contribution is -0.0355. The minimum atomic E-state index is -1.05. The fourth-order valence-corrected chi connectivity index (χ4v) is 2.30. The van der Waals surface area contributed by atoms with Crippen molar-refractivity contribution in [3.05, 3.63) is 29.3 Å². The van der Waals surface area contributed by atoms with E-state index in [4.69, 9.17) is 20.1 Å². The van der Waals surface area contributed by atoms with E-state index in [0.29, 0.717) is 29.9 Å². The van der Waals surface area contributed by atoms with Gasteiger partial charge in [-0.3, -0.25) is 4.79 Å². The number of ether oxygens (including phenoxy) is 2. The Morgan fingerprint density at radius 3 is 2.85 bits per heavy atom. The summed E-state index contributed by atoms with van der Waals surface area (Å²) in [6.07, 6.45) is 0.814. The number of nitrogens with zero attached hydrogens (tertiary/aromatic N) is 2. The standard InChI is InChI=1S/C14H16N2O4/c1-14(6-3-7-17)13(16-15)12(18)10-8-9(19-2)4-5-11(10)20-14/h4-5,8,17H,3,6-7H2,1-2H3. The van der Waals surface area contributed by atoms with Crippen molar-refractivity contribution in [2.24, 2.45) is 0 Å². The van der Waals surface area contributed by atoms with Crippen molar-refractivity contribution in [3.63, 3.8) is 0 Å². The van der Waals surface area contributed by atoms with Crippen molar-refractivity contribution in [3.8, 4) is 11.5 Å². The first-order valence-electron chi connectivity index (χ1n) is 6.31. The van der Waals surface area contributed by atoms with Gasteiger partial charge < -0.3 is 20.1 Å². The van der Waals surface area contributed by atoms with Crippen molar-refractivity contribution in [2.75, 3.05) is 13.7 Å². The van der Waals surface area contributed by atoms with Crippen LogP contribution in [0, 0.1) is 0 Å². The highest BCUT2D eigenvalue weighted by molar-refractivity contribution is 6.47. The fraction of sp³-hybridized carbons (Fsp3) is 0.429. The molecule has 20 heavy (non-hydrogen) atoms. The highest BCUT2D eigenvalue weighted by Gasteiger charge is 2.49. The molecule has 0 spiro atoms. The molecule has 1 aliphatic heterocycles. The monoisotopic (exact) mass is 276 g/mol. The van der Waals surface area contributed by atoms with Crippen LogP contribution in [0.4, 0.5) is 0 Å². The van der Waals surface area contributed by atoms with Crippen LogP contribution in [0.3, 0.4) is 0 Å². The van der Waals surface area contributed by atoms with Gasteiger partial charge in [-0.2, -0.15) is 4.79 Å². The first kappa shape index (κ1) is 14.2. The average molecular weight is 276 g/mol. The number of aliphatic hydroxyl groups is 1. The largest absolute Gasteiger partial charge is 0.497 e. The lowest BCUT2D eigenvalue weighted by Gasteiger charge is -2.30. The lowest BCUT2D eigenvalue weighted by atomic mass is 9.86. The van der Waals surface area contributed by atoms with Crippen LogP contribution in [0.25, 0.3) is 5.53 Å². The Morgan fingerprint density at radius 1 is 1.50 bits per heavy atom. The summed E-state index contributed by atoms with van der Waals surface area (Å²) in [5.74, 6) is 0.550. The summed E-state index contributed by atoms with van der Waals surface area (Å²) in [6, 6.07) is 4.89. The molecule has 106 valence electrons. The fourth-order valence-electron chi connectivity index (χ4n) is 2.30. The number of carbonyl (C=O) groups is 1. The van der Waals surface area contributed by atoms with Gasteiger partial charge in [-0.05, 0) is 31.5 Å². The second-order valence-corrected chi connectivity index (χ2v) is 4.80. The minimum Gasteiger partial charge on any atom is -0.497 e. The topological polar surface area (TPSA) is 92.2 Å². The van der Waals surface area contributed by atoms with Gasteiger partial charge in [0.15, 0.2) is 0 Å². The number of benzene rings is 1. The molecule has 6 heteroatoms. The summed E-state index contributed by atoms with van der Waals surface area (Å²) in [5, 5.41) is 8.94. The van der Waals surface area contributed by atoms with Gasteiger partial charge in [0.05, 0.1) is 12.7 Å². The number of Topliss-reactive ketones (excluding diaryl/α,β-unsaturated/α-hetero) is 1. The average Bonchev–Trinajstić information content (AvgIpc) is 2.45. The molecule has 0 saturated heterocycles. The normalized spacial score (nSPS) is 20.9. The van der Waals surface area contributed by atoms with Crippen LogP contribution in [0.5, 0.6) is 11.5 Å². The van der Waals surface area contributed by atoms with Gasteiger partial charge in [0, 0.05) is 13.0 Å². The van der Waals surface area contributed by atoms with E-state index in [1.807, 2.05) is 0 Å². The Labute approximate surface area is 116 Å². The molecule has 0 saturated carbocycles. The SMILES string of the molecule is COc1ccc2c(c1)C(=O)C(=[N+]=[N-])C(C)(CCCO)O2.